The van der Waals surface area contributed by atoms with Gasteiger partial charge in [0, 0.05) is 50.8 Å². The van der Waals surface area contributed by atoms with E-state index in [-0.39, 0.29) is 23.7 Å². The van der Waals surface area contributed by atoms with E-state index in [0.29, 0.717) is 50.9 Å². The molecule has 0 saturated carbocycles. The summed E-state index contributed by atoms with van der Waals surface area (Å²) in [5.41, 5.74) is 0.334. The van der Waals surface area contributed by atoms with E-state index in [1.165, 1.54) is 19.4 Å². The first-order valence-electron chi connectivity index (χ1n) is 16.7. The molecule has 1 heterocycles. The Hall–Kier alpha value is -4.44. The molecule has 4 N–H and O–H groups in total. The van der Waals surface area contributed by atoms with Gasteiger partial charge in [0.1, 0.15) is 18.2 Å². The summed E-state index contributed by atoms with van der Waals surface area (Å²) >= 11 is 4.02. The molecule has 0 aromatic rings. The zero-order valence-corrected chi connectivity index (χ0v) is 31.2. The van der Waals surface area contributed by atoms with Gasteiger partial charge >= 0.3 is 12.1 Å². The van der Waals surface area contributed by atoms with Crippen molar-refractivity contribution in [3.63, 3.8) is 0 Å². The third-order valence-electron chi connectivity index (χ3n) is 7.27. The fourth-order valence-corrected chi connectivity index (χ4v) is 4.76. The van der Waals surface area contributed by atoms with E-state index in [4.69, 9.17) is 14.2 Å². The minimum atomic E-state index is -0.840. The van der Waals surface area contributed by atoms with Crippen LogP contribution in [0.25, 0.3) is 0 Å². The molecule has 0 saturated heterocycles. The van der Waals surface area contributed by atoms with Crippen molar-refractivity contribution in [2.45, 2.75) is 91.9 Å². The second-order valence-corrected chi connectivity index (χ2v) is 13.1. The van der Waals surface area contributed by atoms with Crippen LogP contribution >= 0.6 is 12.6 Å². The van der Waals surface area contributed by atoms with Crippen LogP contribution in [-0.4, -0.2) is 74.0 Å². The molecule has 1 rings (SSSR count). The summed E-state index contributed by atoms with van der Waals surface area (Å²) in [7, 11) is 1.43. The molecule has 4 atom stereocenters. The van der Waals surface area contributed by atoms with Crippen LogP contribution in [0.15, 0.2) is 60.1 Å². The van der Waals surface area contributed by atoms with Gasteiger partial charge in [-0.3, -0.25) is 14.4 Å². The number of ether oxygens (including phenoxy) is 3. The zero-order valence-electron chi connectivity index (χ0n) is 30.3. The van der Waals surface area contributed by atoms with Crippen molar-refractivity contribution in [3.05, 3.63) is 60.1 Å². The van der Waals surface area contributed by atoms with Gasteiger partial charge in [0.2, 0.25) is 17.7 Å². The molecule has 0 aromatic carbocycles. The molecule has 1 unspecified atom stereocenters. The first kappa shape index (κ1) is 43.6. The minimum Gasteiger partial charge on any atom is -0.490 e. The SMILES string of the molecule is CC#CC[C@@H](C/C=C\NC(=O)C(NC(=O)\C=C/C=C\C(C)=C\[C@H](C)[C@@H]1CC=C(OC)C(=O)O1)C(C)(C)C)OC(=O)NCCCNC(=O)CCS. The van der Waals surface area contributed by atoms with Gasteiger partial charge in [-0.05, 0) is 43.7 Å². The Morgan fingerprint density at radius 1 is 1.14 bits per heavy atom. The number of allylic oxidation sites excluding steroid dienone is 4. The molecule has 0 spiro atoms. The zero-order chi connectivity index (χ0) is 37.5. The van der Waals surface area contributed by atoms with Crippen molar-refractivity contribution in [1.82, 2.24) is 21.3 Å². The predicted octanol–water partition coefficient (Wildman–Crippen LogP) is 4.41. The molecule has 1 aliphatic rings. The summed E-state index contributed by atoms with van der Waals surface area (Å²) in [5, 5.41) is 10.9. The largest absolute Gasteiger partial charge is 0.490 e. The topological polar surface area (TPSA) is 161 Å². The number of cyclic esters (lactones) is 1. The van der Waals surface area contributed by atoms with Crippen molar-refractivity contribution in [3.8, 4) is 11.8 Å². The third kappa shape index (κ3) is 18.4. The molecule has 50 heavy (non-hydrogen) atoms. The van der Waals surface area contributed by atoms with E-state index >= 15 is 0 Å². The molecule has 276 valence electrons. The highest BCUT2D eigenvalue weighted by atomic mass is 32.1. The summed E-state index contributed by atoms with van der Waals surface area (Å²) in [6, 6.07) is -0.840. The van der Waals surface area contributed by atoms with Crippen molar-refractivity contribution >= 4 is 42.4 Å². The fraction of sp³-hybridized carbons (Fsp3) is 0.541. The minimum absolute atomic E-state index is 0.0284. The number of hydrogen-bond acceptors (Lipinski definition) is 9. The van der Waals surface area contributed by atoms with Gasteiger partial charge in [0.15, 0.2) is 5.76 Å². The van der Waals surface area contributed by atoms with Crippen LogP contribution in [0.2, 0.25) is 0 Å². The number of methoxy groups -OCH3 is 1. The standard InChI is InChI=1S/C37H54N4O8S/c1-8-9-15-28(48-36(46)40-23-13-22-38-31(42)20-24-50)16-12-21-39-34(44)33(37(4,5)6)41-32(43)17-11-10-14-26(2)25-27(3)29-18-19-30(47-7)35(45)49-29/h10-12,14,17,19,21,25,27-29,33,50H,13,15-16,18,20,22-24H2,1-7H3,(H,38,42)(H,39,44)(H,40,46)(H,41,43)/b14-10-,17-11-,21-12-,26-25+/t27-,28-,29-,33?/m0/s1. The van der Waals surface area contributed by atoms with Crippen LogP contribution in [0, 0.1) is 23.2 Å². The third-order valence-corrected chi connectivity index (χ3v) is 7.49. The molecule has 0 bridgehead atoms. The summed E-state index contributed by atoms with van der Waals surface area (Å²) in [6.07, 6.45) is 13.9. The molecule has 0 aliphatic carbocycles. The predicted molar refractivity (Wildman–Crippen MR) is 197 cm³/mol. The molecule has 1 aliphatic heterocycles. The number of rotatable bonds is 19. The van der Waals surface area contributed by atoms with Gasteiger partial charge < -0.3 is 35.5 Å². The fourth-order valence-electron chi connectivity index (χ4n) is 4.56. The molecule has 4 amide bonds. The maximum atomic E-state index is 13.1. The number of alkyl carbamates (subject to hydrolysis) is 1. The van der Waals surface area contributed by atoms with Gasteiger partial charge in [-0.1, -0.05) is 69.6 Å². The van der Waals surface area contributed by atoms with Crippen molar-refractivity contribution < 1.29 is 38.2 Å². The van der Waals surface area contributed by atoms with E-state index in [9.17, 15) is 24.0 Å². The average molecular weight is 715 g/mol. The quantitative estimate of drug-likeness (QED) is 0.0329. The first-order valence-corrected chi connectivity index (χ1v) is 17.3. The van der Waals surface area contributed by atoms with Gasteiger partial charge in [0.25, 0.3) is 0 Å². The van der Waals surface area contributed by atoms with Crippen molar-refractivity contribution in [2.75, 3.05) is 26.0 Å². The summed E-state index contributed by atoms with van der Waals surface area (Å²) < 4.78 is 15.9. The van der Waals surface area contributed by atoms with E-state index in [2.05, 4.69) is 45.7 Å². The van der Waals surface area contributed by atoms with E-state index in [1.807, 2.05) is 46.8 Å². The first-order chi connectivity index (χ1) is 23.7. The van der Waals surface area contributed by atoms with E-state index < -0.39 is 41.4 Å². The van der Waals surface area contributed by atoms with Crippen LogP contribution in [-0.2, 0) is 33.4 Å². The lowest BCUT2D eigenvalue weighted by atomic mass is 9.86. The van der Waals surface area contributed by atoms with Crippen LogP contribution in [0.5, 0.6) is 0 Å². The normalized spacial score (nSPS) is 16.8. The second-order valence-electron chi connectivity index (χ2n) is 12.7. The highest BCUT2D eigenvalue weighted by Gasteiger charge is 2.32. The maximum Gasteiger partial charge on any atom is 0.407 e. The lowest BCUT2D eigenvalue weighted by Gasteiger charge is -2.29. The van der Waals surface area contributed by atoms with Gasteiger partial charge in [-0.2, -0.15) is 12.6 Å². The summed E-state index contributed by atoms with van der Waals surface area (Å²) in [6.45, 7) is 11.9. The molecule has 13 heteroatoms. The Kier molecular flexibility index (Phi) is 20.8. The van der Waals surface area contributed by atoms with Crippen LogP contribution in [0.4, 0.5) is 4.79 Å². The number of carbonyl (C=O) groups excluding carboxylic acids is 5. The number of hydrogen-bond donors (Lipinski definition) is 5. The number of esters is 1. The maximum absolute atomic E-state index is 13.1. The Bertz CT molecular complexity index is 1370. The number of amides is 4. The van der Waals surface area contributed by atoms with Gasteiger partial charge in [0.05, 0.1) is 7.11 Å². The molecule has 0 aromatic heterocycles. The molecule has 0 radical (unpaired) electrons. The molecule has 12 nitrogen and oxygen atoms in total. The van der Waals surface area contributed by atoms with Crippen molar-refractivity contribution in [2.24, 2.45) is 11.3 Å². The van der Waals surface area contributed by atoms with Gasteiger partial charge in [-0.15, -0.1) is 5.92 Å². The second kappa shape index (κ2) is 23.8. The Balaban J connectivity index is 2.64. The van der Waals surface area contributed by atoms with Gasteiger partial charge in [-0.25, -0.2) is 9.59 Å². The summed E-state index contributed by atoms with van der Waals surface area (Å²) in [5.74, 6) is 4.95. The highest BCUT2D eigenvalue weighted by molar-refractivity contribution is 7.80. The smallest absolute Gasteiger partial charge is 0.407 e. The monoisotopic (exact) mass is 714 g/mol. The number of thiol groups is 1. The van der Waals surface area contributed by atoms with E-state index in [1.54, 1.807) is 31.2 Å². The Morgan fingerprint density at radius 3 is 2.48 bits per heavy atom. The van der Waals surface area contributed by atoms with Crippen LogP contribution in [0.3, 0.4) is 0 Å². The molecule has 0 fully saturated rings. The lowest BCUT2D eigenvalue weighted by molar-refractivity contribution is -0.151. The molecular formula is C37H54N4O8S. The highest BCUT2D eigenvalue weighted by Crippen LogP contribution is 2.23. The number of nitrogens with one attached hydrogen (secondary N) is 4. The summed E-state index contributed by atoms with van der Waals surface area (Å²) in [4.78, 5) is 61.5. The average Bonchev–Trinajstić information content (AvgIpc) is 3.05. The lowest BCUT2D eigenvalue weighted by Crippen LogP contribution is -2.52. The van der Waals surface area contributed by atoms with Crippen molar-refractivity contribution in [1.29, 1.82) is 0 Å². The van der Waals surface area contributed by atoms with Crippen LogP contribution < -0.4 is 21.3 Å². The molecular weight excluding hydrogens is 660 g/mol. The van der Waals surface area contributed by atoms with Crippen LogP contribution in [0.1, 0.15) is 73.6 Å². The Morgan fingerprint density at radius 2 is 1.84 bits per heavy atom. The Labute approximate surface area is 302 Å². The van der Waals surface area contributed by atoms with E-state index in [0.717, 1.165) is 5.57 Å². The number of carbonyl (C=O) groups is 5.